The smallest absolute Gasteiger partial charge is 0.248 e. The van der Waals surface area contributed by atoms with Crippen molar-refractivity contribution >= 4 is 0 Å². The van der Waals surface area contributed by atoms with E-state index in [1.165, 1.54) is 12.1 Å². The normalized spacial score (nSPS) is 7.83. The van der Waals surface area contributed by atoms with E-state index in [2.05, 4.69) is 4.98 Å². The molecule has 1 N–H and O–H groups in total. The van der Waals surface area contributed by atoms with E-state index in [-0.39, 0.29) is 5.56 Å². The first kappa shape index (κ1) is 10.4. The summed E-state index contributed by atoms with van der Waals surface area (Å²) >= 11 is 0. The Bertz CT molecular complexity index is 333. The van der Waals surface area contributed by atoms with Gasteiger partial charge in [0.05, 0.1) is 5.56 Å². The summed E-state index contributed by atoms with van der Waals surface area (Å²) in [4.78, 5) is 13.1. The van der Waals surface area contributed by atoms with E-state index in [0.29, 0.717) is 11.3 Å². The highest BCUT2D eigenvalue weighted by Gasteiger charge is 1.94. The zero-order chi connectivity index (χ0) is 9.56. The quantitative estimate of drug-likeness (QED) is 0.632. The van der Waals surface area contributed by atoms with Gasteiger partial charge < -0.3 is 4.98 Å². The Balaban J connectivity index is 0.000000561. The Labute approximate surface area is 71.7 Å². The molecule has 1 aromatic rings. The van der Waals surface area contributed by atoms with Crippen molar-refractivity contribution in [3.8, 4) is 6.07 Å². The number of hydrogen-bond acceptors (Lipinski definition) is 2. The van der Waals surface area contributed by atoms with Crippen LogP contribution in [0, 0.1) is 18.3 Å². The molecule has 3 heteroatoms. The van der Waals surface area contributed by atoms with Crippen molar-refractivity contribution in [3.63, 3.8) is 0 Å². The van der Waals surface area contributed by atoms with Crippen molar-refractivity contribution in [3.05, 3.63) is 33.7 Å². The molecule has 3 nitrogen and oxygen atoms in total. The highest BCUT2D eigenvalue weighted by atomic mass is 16.1. The molecule has 64 valence electrons. The largest absolute Gasteiger partial charge is 0.325 e. The molecule has 0 bridgehead atoms. The second-order valence-electron chi connectivity index (χ2n) is 1.97. The minimum absolute atomic E-state index is 0.170. The summed E-state index contributed by atoms with van der Waals surface area (Å²) in [6.07, 6.45) is 0. The third kappa shape index (κ3) is 2.59. The molecule has 0 aliphatic rings. The van der Waals surface area contributed by atoms with Crippen LogP contribution >= 0.6 is 0 Å². The number of rotatable bonds is 0. The van der Waals surface area contributed by atoms with E-state index in [1.807, 2.05) is 19.9 Å². The van der Waals surface area contributed by atoms with Gasteiger partial charge in [0, 0.05) is 11.8 Å². The van der Waals surface area contributed by atoms with Crippen molar-refractivity contribution in [2.75, 3.05) is 0 Å². The zero-order valence-corrected chi connectivity index (χ0v) is 7.51. The van der Waals surface area contributed by atoms with Crippen LogP contribution in [0.15, 0.2) is 16.9 Å². The average Bonchev–Trinajstić information content (AvgIpc) is 2.08. The molecule has 0 atom stereocenters. The van der Waals surface area contributed by atoms with Crippen LogP contribution in [0.2, 0.25) is 0 Å². The van der Waals surface area contributed by atoms with Gasteiger partial charge in [-0.05, 0) is 13.0 Å². The molecule has 0 spiro atoms. The number of nitrogens with one attached hydrogen (secondary N) is 1. The van der Waals surface area contributed by atoms with Crippen LogP contribution in [0.3, 0.4) is 0 Å². The van der Waals surface area contributed by atoms with E-state index in [1.54, 1.807) is 6.92 Å². The molecule has 0 amide bonds. The van der Waals surface area contributed by atoms with E-state index < -0.39 is 0 Å². The SMILES string of the molecule is CC.Cc1[nH]c(=O)ccc1C#N. The standard InChI is InChI=1S/C7H6N2O.C2H6/c1-5-6(4-8)2-3-7(10)9-5;1-2/h2-3H,1H3,(H,9,10);1-2H3. The van der Waals surface area contributed by atoms with Crippen LogP contribution in [0.25, 0.3) is 0 Å². The summed E-state index contributed by atoms with van der Waals surface area (Å²) in [5.41, 5.74) is 0.964. The number of aromatic nitrogens is 1. The van der Waals surface area contributed by atoms with Gasteiger partial charge in [-0.25, -0.2) is 0 Å². The summed E-state index contributed by atoms with van der Waals surface area (Å²) in [6, 6.07) is 4.80. The third-order valence-electron chi connectivity index (χ3n) is 1.24. The predicted octanol–water partition coefficient (Wildman–Crippen LogP) is 1.58. The Morgan fingerprint density at radius 1 is 1.42 bits per heavy atom. The molecule has 1 aromatic heterocycles. The number of nitrogens with zero attached hydrogens (tertiary/aromatic N) is 1. The van der Waals surface area contributed by atoms with Gasteiger partial charge in [-0.1, -0.05) is 13.8 Å². The fourth-order valence-electron chi connectivity index (χ4n) is 0.699. The molecule has 12 heavy (non-hydrogen) atoms. The molecule has 0 radical (unpaired) electrons. The monoisotopic (exact) mass is 164 g/mol. The number of nitriles is 1. The lowest BCUT2D eigenvalue weighted by molar-refractivity contribution is 1.13. The number of aryl methyl sites for hydroxylation is 1. The Kier molecular flexibility index (Phi) is 4.47. The highest BCUT2D eigenvalue weighted by molar-refractivity contribution is 5.31. The number of aromatic amines is 1. The van der Waals surface area contributed by atoms with Crippen LogP contribution < -0.4 is 5.56 Å². The maximum Gasteiger partial charge on any atom is 0.248 e. The first-order valence-electron chi connectivity index (χ1n) is 3.84. The number of hydrogen-bond donors (Lipinski definition) is 1. The lowest BCUT2D eigenvalue weighted by Gasteiger charge is -1.91. The molecule has 1 rings (SSSR count). The second-order valence-corrected chi connectivity index (χ2v) is 1.97. The first-order valence-corrected chi connectivity index (χ1v) is 3.84. The molecule has 0 aromatic carbocycles. The number of H-pyrrole nitrogens is 1. The van der Waals surface area contributed by atoms with Crippen LogP contribution in [0.1, 0.15) is 25.1 Å². The molecule has 0 unspecified atom stereocenters. The van der Waals surface area contributed by atoms with Gasteiger partial charge >= 0.3 is 0 Å². The molecule has 0 aliphatic carbocycles. The van der Waals surface area contributed by atoms with Gasteiger partial charge in [0.2, 0.25) is 5.56 Å². The maximum absolute atomic E-state index is 10.6. The Morgan fingerprint density at radius 2 is 2.00 bits per heavy atom. The van der Waals surface area contributed by atoms with Crippen LogP contribution in [-0.4, -0.2) is 4.98 Å². The van der Waals surface area contributed by atoms with Gasteiger partial charge in [0.25, 0.3) is 0 Å². The summed E-state index contributed by atoms with van der Waals surface area (Å²) in [7, 11) is 0. The van der Waals surface area contributed by atoms with Gasteiger partial charge in [-0.2, -0.15) is 5.26 Å². The second kappa shape index (κ2) is 5.14. The molecule has 0 saturated heterocycles. The number of pyridine rings is 1. The molecule has 0 saturated carbocycles. The molecular formula is C9H12N2O. The fraction of sp³-hybridized carbons (Fsp3) is 0.333. The lowest BCUT2D eigenvalue weighted by Crippen LogP contribution is -2.05. The topological polar surface area (TPSA) is 56.6 Å². The first-order chi connectivity index (χ1) is 5.74. The summed E-state index contributed by atoms with van der Waals surface area (Å²) < 4.78 is 0. The summed E-state index contributed by atoms with van der Waals surface area (Å²) in [5.74, 6) is 0. The van der Waals surface area contributed by atoms with Gasteiger partial charge in [-0.15, -0.1) is 0 Å². The lowest BCUT2D eigenvalue weighted by atomic mass is 10.2. The van der Waals surface area contributed by atoms with Crippen LogP contribution in [-0.2, 0) is 0 Å². The minimum atomic E-state index is -0.170. The highest BCUT2D eigenvalue weighted by Crippen LogP contribution is 1.96. The molecule has 1 heterocycles. The Hall–Kier alpha value is -1.56. The van der Waals surface area contributed by atoms with E-state index >= 15 is 0 Å². The zero-order valence-electron chi connectivity index (χ0n) is 7.51. The Morgan fingerprint density at radius 3 is 2.42 bits per heavy atom. The van der Waals surface area contributed by atoms with Crippen LogP contribution in [0.4, 0.5) is 0 Å². The van der Waals surface area contributed by atoms with Crippen molar-refractivity contribution in [2.24, 2.45) is 0 Å². The van der Waals surface area contributed by atoms with Gasteiger partial charge in [-0.3, -0.25) is 4.79 Å². The molecular weight excluding hydrogens is 152 g/mol. The predicted molar refractivity (Wildman–Crippen MR) is 47.9 cm³/mol. The minimum Gasteiger partial charge on any atom is -0.325 e. The maximum atomic E-state index is 10.6. The summed E-state index contributed by atoms with van der Waals surface area (Å²) in [5, 5.41) is 8.44. The van der Waals surface area contributed by atoms with E-state index in [0.717, 1.165) is 0 Å². The fourth-order valence-corrected chi connectivity index (χ4v) is 0.699. The average molecular weight is 164 g/mol. The van der Waals surface area contributed by atoms with Crippen LogP contribution in [0.5, 0.6) is 0 Å². The van der Waals surface area contributed by atoms with Gasteiger partial charge in [0.1, 0.15) is 6.07 Å². The molecule has 0 aliphatic heterocycles. The third-order valence-corrected chi connectivity index (χ3v) is 1.24. The molecule has 0 fully saturated rings. The van der Waals surface area contributed by atoms with Gasteiger partial charge in [0.15, 0.2) is 0 Å². The van der Waals surface area contributed by atoms with Crippen molar-refractivity contribution in [1.82, 2.24) is 4.98 Å². The van der Waals surface area contributed by atoms with Crippen molar-refractivity contribution < 1.29 is 0 Å². The van der Waals surface area contributed by atoms with Crippen molar-refractivity contribution in [1.29, 1.82) is 5.26 Å². The summed E-state index contributed by atoms with van der Waals surface area (Å²) in [6.45, 7) is 5.69. The van der Waals surface area contributed by atoms with Crippen molar-refractivity contribution in [2.45, 2.75) is 20.8 Å². The van der Waals surface area contributed by atoms with E-state index in [9.17, 15) is 4.79 Å². The van der Waals surface area contributed by atoms with E-state index in [4.69, 9.17) is 5.26 Å².